The van der Waals surface area contributed by atoms with Gasteiger partial charge in [0, 0.05) is 23.5 Å². The molecule has 1 aromatic heterocycles. The minimum atomic E-state index is -0.161. The summed E-state index contributed by atoms with van der Waals surface area (Å²) >= 11 is 1.59. The highest BCUT2D eigenvalue weighted by atomic mass is 32.1. The maximum Gasteiger partial charge on any atom is 0.257 e. The van der Waals surface area contributed by atoms with Gasteiger partial charge in [-0.05, 0) is 55.2 Å². The summed E-state index contributed by atoms with van der Waals surface area (Å²) in [6, 6.07) is 7.55. The number of hydrogen-bond donors (Lipinski definition) is 1. The standard InChI is InChI=1S/C25H32N2O3S/c1-16-6-5-7-17(14-16)22(28)26-23-21(24(29)27-10-12-30-13-11-27)19-9-8-18(25(2,3)4)15-20(19)31-23/h5-7,14,18H,8-13,15H2,1-4H3,(H,26,28)/t18-/m1/s1. The number of ether oxygens (including phenoxy) is 1. The van der Waals surface area contributed by atoms with Crippen LogP contribution < -0.4 is 5.32 Å². The van der Waals surface area contributed by atoms with Crippen molar-refractivity contribution in [2.75, 3.05) is 31.6 Å². The van der Waals surface area contributed by atoms with Gasteiger partial charge in [0.25, 0.3) is 11.8 Å². The van der Waals surface area contributed by atoms with Crippen LogP contribution in [0.25, 0.3) is 0 Å². The van der Waals surface area contributed by atoms with Gasteiger partial charge >= 0.3 is 0 Å². The van der Waals surface area contributed by atoms with Crippen LogP contribution in [0.2, 0.25) is 0 Å². The number of nitrogens with one attached hydrogen (secondary N) is 1. The molecule has 1 fully saturated rings. The largest absolute Gasteiger partial charge is 0.378 e. The molecule has 1 aliphatic heterocycles. The number of rotatable bonds is 3. The van der Waals surface area contributed by atoms with Crippen LogP contribution in [0.3, 0.4) is 0 Å². The Bertz CT molecular complexity index is 983. The van der Waals surface area contributed by atoms with Crippen molar-refractivity contribution in [3.05, 3.63) is 51.4 Å². The summed E-state index contributed by atoms with van der Waals surface area (Å²) in [5.41, 5.74) is 3.72. The molecule has 2 aromatic rings. The van der Waals surface area contributed by atoms with Crippen LogP contribution in [-0.2, 0) is 17.6 Å². The fourth-order valence-electron chi connectivity index (χ4n) is 4.53. The summed E-state index contributed by atoms with van der Waals surface area (Å²) in [5, 5.41) is 3.78. The second kappa shape index (κ2) is 8.75. The molecule has 166 valence electrons. The number of aryl methyl sites for hydroxylation is 1. The van der Waals surface area contributed by atoms with Crippen LogP contribution >= 0.6 is 11.3 Å². The number of fused-ring (bicyclic) bond motifs is 1. The van der Waals surface area contributed by atoms with E-state index in [4.69, 9.17) is 4.74 Å². The van der Waals surface area contributed by atoms with E-state index in [2.05, 4.69) is 26.1 Å². The maximum atomic E-state index is 13.5. The quantitative estimate of drug-likeness (QED) is 0.736. The predicted octanol–water partition coefficient (Wildman–Crippen LogP) is 4.93. The van der Waals surface area contributed by atoms with Crippen LogP contribution in [0.4, 0.5) is 5.00 Å². The average Bonchev–Trinajstić information content (AvgIpc) is 3.10. The second-order valence-electron chi connectivity index (χ2n) is 9.74. The SMILES string of the molecule is Cc1cccc(C(=O)Nc2sc3c(c2C(=O)N2CCOCC2)CC[C@@H](C(C)(C)C)C3)c1. The van der Waals surface area contributed by atoms with E-state index >= 15 is 0 Å². The van der Waals surface area contributed by atoms with Crippen LogP contribution in [0.1, 0.15) is 63.9 Å². The van der Waals surface area contributed by atoms with Gasteiger partial charge in [-0.25, -0.2) is 0 Å². The number of anilines is 1. The van der Waals surface area contributed by atoms with E-state index in [0.717, 1.165) is 30.4 Å². The zero-order valence-electron chi connectivity index (χ0n) is 18.9. The topological polar surface area (TPSA) is 58.6 Å². The molecule has 2 aliphatic rings. The molecule has 0 bridgehead atoms. The van der Waals surface area contributed by atoms with E-state index in [-0.39, 0.29) is 17.2 Å². The van der Waals surface area contributed by atoms with Crippen LogP contribution in [0.5, 0.6) is 0 Å². The van der Waals surface area contributed by atoms with Crippen molar-refractivity contribution in [3.8, 4) is 0 Å². The van der Waals surface area contributed by atoms with Crippen LogP contribution in [-0.4, -0.2) is 43.0 Å². The Balaban J connectivity index is 1.68. The molecule has 31 heavy (non-hydrogen) atoms. The zero-order valence-corrected chi connectivity index (χ0v) is 19.7. The molecule has 0 saturated carbocycles. The molecule has 2 heterocycles. The molecular formula is C25H32N2O3S. The fourth-order valence-corrected chi connectivity index (χ4v) is 5.84. The average molecular weight is 441 g/mol. The van der Waals surface area contributed by atoms with E-state index in [0.29, 0.717) is 48.3 Å². The van der Waals surface area contributed by atoms with Gasteiger partial charge in [0.15, 0.2) is 0 Å². The Morgan fingerprint density at radius 3 is 2.61 bits per heavy atom. The first-order valence-corrected chi connectivity index (χ1v) is 12.0. The lowest BCUT2D eigenvalue weighted by molar-refractivity contribution is 0.0303. The number of carbonyl (C=O) groups is 2. The predicted molar refractivity (Wildman–Crippen MR) is 125 cm³/mol. The second-order valence-corrected chi connectivity index (χ2v) is 10.8. The van der Waals surface area contributed by atoms with Crippen LogP contribution in [0, 0.1) is 18.3 Å². The molecule has 1 N–H and O–H groups in total. The molecule has 4 rings (SSSR count). The van der Waals surface area contributed by atoms with E-state index in [9.17, 15) is 9.59 Å². The molecule has 5 nitrogen and oxygen atoms in total. The Morgan fingerprint density at radius 1 is 1.19 bits per heavy atom. The summed E-state index contributed by atoms with van der Waals surface area (Å²) < 4.78 is 5.43. The van der Waals surface area contributed by atoms with Crippen molar-refractivity contribution < 1.29 is 14.3 Å². The van der Waals surface area contributed by atoms with Gasteiger partial charge in [0.1, 0.15) is 5.00 Å². The number of benzene rings is 1. The lowest BCUT2D eigenvalue weighted by Gasteiger charge is -2.34. The number of carbonyl (C=O) groups excluding carboxylic acids is 2. The number of hydrogen-bond acceptors (Lipinski definition) is 4. The summed E-state index contributed by atoms with van der Waals surface area (Å²) in [5.74, 6) is 0.436. The highest BCUT2D eigenvalue weighted by Crippen LogP contribution is 2.44. The van der Waals surface area contributed by atoms with E-state index in [1.165, 1.54) is 4.88 Å². The number of nitrogens with zero attached hydrogens (tertiary/aromatic N) is 1. The third-order valence-corrected chi connectivity index (χ3v) is 7.68. The first-order valence-electron chi connectivity index (χ1n) is 11.1. The molecule has 2 amide bonds. The van der Waals surface area contributed by atoms with Crippen molar-refractivity contribution in [1.82, 2.24) is 4.90 Å². The van der Waals surface area contributed by atoms with Crippen LogP contribution in [0.15, 0.2) is 24.3 Å². The first kappa shape index (κ1) is 22.0. The first-order chi connectivity index (χ1) is 14.7. The molecule has 1 saturated heterocycles. The van der Waals surface area contributed by atoms with Crippen molar-refractivity contribution in [1.29, 1.82) is 0 Å². The normalized spacial score (nSPS) is 19.1. The monoisotopic (exact) mass is 440 g/mol. The van der Waals surface area contributed by atoms with Gasteiger partial charge in [-0.3, -0.25) is 9.59 Å². The van der Waals surface area contributed by atoms with Crippen molar-refractivity contribution in [3.63, 3.8) is 0 Å². The van der Waals surface area contributed by atoms with Gasteiger partial charge in [-0.15, -0.1) is 11.3 Å². The van der Waals surface area contributed by atoms with Crippen molar-refractivity contribution >= 4 is 28.2 Å². The van der Waals surface area contributed by atoms with Gasteiger partial charge in [-0.2, -0.15) is 0 Å². The van der Waals surface area contributed by atoms with E-state index in [1.54, 1.807) is 11.3 Å². The molecule has 1 atom stereocenters. The molecule has 0 spiro atoms. The molecule has 1 aliphatic carbocycles. The third-order valence-electron chi connectivity index (χ3n) is 6.51. The molecule has 6 heteroatoms. The number of amides is 2. The smallest absolute Gasteiger partial charge is 0.257 e. The summed E-state index contributed by atoms with van der Waals surface area (Å²) in [4.78, 5) is 29.7. The lowest BCUT2D eigenvalue weighted by atomic mass is 9.72. The van der Waals surface area contributed by atoms with Crippen molar-refractivity contribution in [2.24, 2.45) is 11.3 Å². The van der Waals surface area contributed by atoms with E-state index in [1.807, 2.05) is 36.1 Å². The summed E-state index contributed by atoms with van der Waals surface area (Å²) in [6.07, 6.45) is 2.93. The van der Waals surface area contributed by atoms with Gasteiger partial charge in [-0.1, -0.05) is 38.5 Å². The minimum absolute atomic E-state index is 0.0227. The fraction of sp³-hybridized carbons (Fsp3) is 0.520. The minimum Gasteiger partial charge on any atom is -0.378 e. The Kier molecular flexibility index (Phi) is 6.22. The van der Waals surface area contributed by atoms with Gasteiger partial charge < -0.3 is 15.0 Å². The highest BCUT2D eigenvalue weighted by molar-refractivity contribution is 7.17. The number of thiophene rings is 1. The van der Waals surface area contributed by atoms with Gasteiger partial charge in [0.05, 0.1) is 18.8 Å². The Hall–Kier alpha value is -2.18. The maximum absolute atomic E-state index is 13.5. The highest BCUT2D eigenvalue weighted by Gasteiger charge is 2.35. The number of morpholine rings is 1. The van der Waals surface area contributed by atoms with Gasteiger partial charge in [0.2, 0.25) is 0 Å². The van der Waals surface area contributed by atoms with E-state index < -0.39 is 0 Å². The van der Waals surface area contributed by atoms with Crippen molar-refractivity contribution in [2.45, 2.75) is 47.0 Å². The molecule has 1 aromatic carbocycles. The Morgan fingerprint density at radius 2 is 1.94 bits per heavy atom. The lowest BCUT2D eigenvalue weighted by Crippen LogP contribution is -2.41. The summed E-state index contributed by atoms with van der Waals surface area (Å²) in [6.45, 7) is 11.2. The third kappa shape index (κ3) is 4.70. The molecule has 0 unspecified atom stereocenters. The molecule has 0 radical (unpaired) electrons. The Labute approximate surface area is 188 Å². The molecular weight excluding hydrogens is 408 g/mol. The zero-order chi connectivity index (χ0) is 22.2. The summed E-state index contributed by atoms with van der Waals surface area (Å²) in [7, 11) is 0.